The highest BCUT2D eigenvalue weighted by molar-refractivity contribution is 5.28. The SMILES string of the molecule is COc1cccc(CC[C@H]2CCCN2CO)c1. The second-order valence-electron chi connectivity index (χ2n) is 4.64. The van der Waals surface area contributed by atoms with Crippen molar-refractivity contribution in [3.63, 3.8) is 0 Å². The molecule has 3 heteroatoms. The summed E-state index contributed by atoms with van der Waals surface area (Å²) in [6.07, 6.45) is 4.60. The van der Waals surface area contributed by atoms with Crippen molar-refractivity contribution in [1.82, 2.24) is 4.90 Å². The van der Waals surface area contributed by atoms with E-state index in [1.54, 1.807) is 7.11 Å². The fourth-order valence-corrected chi connectivity index (χ4v) is 2.57. The fraction of sp³-hybridized carbons (Fsp3) is 0.571. The predicted octanol–water partition coefficient (Wildman–Crippen LogP) is 2.04. The van der Waals surface area contributed by atoms with Crippen LogP contribution >= 0.6 is 0 Å². The molecule has 0 radical (unpaired) electrons. The van der Waals surface area contributed by atoms with Gasteiger partial charge in [-0.15, -0.1) is 0 Å². The zero-order chi connectivity index (χ0) is 12.1. The molecule has 1 heterocycles. The lowest BCUT2D eigenvalue weighted by molar-refractivity contribution is 0.0931. The Morgan fingerprint density at radius 2 is 2.35 bits per heavy atom. The summed E-state index contributed by atoms with van der Waals surface area (Å²) in [7, 11) is 1.70. The molecule has 1 N–H and O–H groups in total. The Kier molecular flexibility index (Phi) is 4.40. The lowest BCUT2D eigenvalue weighted by Gasteiger charge is -2.21. The Hall–Kier alpha value is -1.06. The molecule has 1 atom stereocenters. The molecular weight excluding hydrogens is 214 g/mol. The minimum Gasteiger partial charge on any atom is -0.497 e. The Bertz CT molecular complexity index is 354. The summed E-state index contributed by atoms with van der Waals surface area (Å²) >= 11 is 0. The molecular formula is C14H21NO2. The van der Waals surface area contributed by atoms with E-state index in [0.717, 1.165) is 25.1 Å². The molecule has 1 aliphatic heterocycles. The Morgan fingerprint density at radius 1 is 1.47 bits per heavy atom. The number of likely N-dealkylation sites (tertiary alicyclic amines) is 1. The van der Waals surface area contributed by atoms with Gasteiger partial charge in [-0.25, -0.2) is 0 Å². The molecule has 1 aromatic rings. The quantitative estimate of drug-likeness (QED) is 0.847. The first-order chi connectivity index (χ1) is 8.33. The summed E-state index contributed by atoms with van der Waals surface area (Å²) in [6, 6.07) is 8.79. The third kappa shape index (κ3) is 3.20. The van der Waals surface area contributed by atoms with Crippen molar-refractivity contribution in [3.05, 3.63) is 29.8 Å². The Balaban J connectivity index is 1.88. The predicted molar refractivity (Wildman–Crippen MR) is 68.1 cm³/mol. The minimum atomic E-state index is 0.197. The largest absolute Gasteiger partial charge is 0.497 e. The number of rotatable bonds is 5. The molecule has 1 fully saturated rings. The Morgan fingerprint density at radius 3 is 3.12 bits per heavy atom. The van der Waals surface area contributed by atoms with Crippen LogP contribution < -0.4 is 4.74 Å². The molecule has 3 nitrogen and oxygen atoms in total. The van der Waals surface area contributed by atoms with Gasteiger partial charge in [0.1, 0.15) is 5.75 Å². The first-order valence-electron chi connectivity index (χ1n) is 6.31. The second kappa shape index (κ2) is 6.03. The number of hydrogen-bond donors (Lipinski definition) is 1. The van der Waals surface area contributed by atoms with Gasteiger partial charge >= 0.3 is 0 Å². The van der Waals surface area contributed by atoms with Gasteiger partial charge in [-0.3, -0.25) is 4.90 Å². The maximum absolute atomic E-state index is 9.22. The van der Waals surface area contributed by atoms with Crippen molar-refractivity contribution in [3.8, 4) is 5.75 Å². The third-order valence-corrected chi connectivity index (χ3v) is 3.58. The topological polar surface area (TPSA) is 32.7 Å². The average Bonchev–Trinajstić information content (AvgIpc) is 2.84. The molecule has 1 saturated heterocycles. The number of aliphatic hydroxyl groups is 1. The lowest BCUT2D eigenvalue weighted by Crippen LogP contribution is -2.30. The van der Waals surface area contributed by atoms with Crippen LogP contribution in [0.1, 0.15) is 24.8 Å². The highest BCUT2D eigenvalue weighted by atomic mass is 16.5. The van der Waals surface area contributed by atoms with E-state index in [1.807, 2.05) is 12.1 Å². The first kappa shape index (κ1) is 12.4. The highest BCUT2D eigenvalue weighted by Gasteiger charge is 2.22. The molecule has 0 aromatic heterocycles. The summed E-state index contributed by atoms with van der Waals surface area (Å²) in [5.41, 5.74) is 1.31. The molecule has 1 aliphatic rings. The van der Waals surface area contributed by atoms with Crippen LogP contribution in [-0.4, -0.2) is 36.4 Å². The zero-order valence-corrected chi connectivity index (χ0v) is 10.4. The van der Waals surface area contributed by atoms with E-state index in [0.29, 0.717) is 6.04 Å². The Labute approximate surface area is 103 Å². The zero-order valence-electron chi connectivity index (χ0n) is 10.4. The van der Waals surface area contributed by atoms with E-state index in [9.17, 15) is 5.11 Å². The van der Waals surface area contributed by atoms with Gasteiger partial charge in [-0.05, 0) is 43.4 Å². The van der Waals surface area contributed by atoms with Gasteiger partial charge in [0, 0.05) is 12.6 Å². The number of aliphatic hydroxyl groups excluding tert-OH is 1. The van der Waals surface area contributed by atoms with E-state index in [1.165, 1.54) is 18.4 Å². The van der Waals surface area contributed by atoms with Crippen LogP contribution in [0.4, 0.5) is 0 Å². The maximum Gasteiger partial charge on any atom is 0.119 e. The van der Waals surface area contributed by atoms with Crippen molar-refractivity contribution < 1.29 is 9.84 Å². The summed E-state index contributed by atoms with van der Waals surface area (Å²) in [4.78, 5) is 2.17. The number of methoxy groups -OCH3 is 1. The molecule has 0 bridgehead atoms. The van der Waals surface area contributed by atoms with Crippen LogP contribution in [0.2, 0.25) is 0 Å². The molecule has 0 unspecified atom stereocenters. The lowest BCUT2D eigenvalue weighted by atomic mass is 10.0. The summed E-state index contributed by atoms with van der Waals surface area (Å²) in [5, 5.41) is 9.22. The van der Waals surface area contributed by atoms with Crippen molar-refractivity contribution in [1.29, 1.82) is 0 Å². The van der Waals surface area contributed by atoms with Gasteiger partial charge in [0.25, 0.3) is 0 Å². The van der Waals surface area contributed by atoms with Crippen molar-refractivity contribution >= 4 is 0 Å². The van der Waals surface area contributed by atoms with Gasteiger partial charge in [0.15, 0.2) is 0 Å². The van der Waals surface area contributed by atoms with Crippen LogP contribution in [0.3, 0.4) is 0 Å². The summed E-state index contributed by atoms with van der Waals surface area (Å²) in [5.74, 6) is 0.924. The molecule has 0 aliphatic carbocycles. The van der Waals surface area contributed by atoms with Crippen LogP contribution in [0, 0.1) is 0 Å². The van der Waals surface area contributed by atoms with Crippen LogP contribution in [0.15, 0.2) is 24.3 Å². The van der Waals surface area contributed by atoms with Gasteiger partial charge in [0.05, 0.1) is 13.8 Å². The standard InChI is InChI=1S/C14H21NO2/c1-17-14-6-2-4-12(10-14)7-8-13-5-3-9-15(13)11-16/h2,4,6,10,13,16H,3,5,7-9,11H2,1H3/t13-/m1/s1. The number of nitrogens with zero attached hydrogens (tertiary/aromatic N) is 1. The molecule has 17 heavy (non-hydrogen) atoms. The number of hydrogen-bond acceptors (Lipinski definition) is 3. The number of benzene rings is 1. The first-order valence-corrected chi connectivity index (χ1v) is 6.31. The van der Waals surface area contributed by atoms with Gasteiger partial charge in [0.2, 0.25) is 0 Å². The molecule has 0 saturated carbocycles. The highest BCUT2D eigenvalue weighted by Crippen LogP contribution is 2.22. The smallest absolute Gasteiger partial charge is 0.119 e. The van der Waals surface area contributed by atoms with Crippen molar-refractivity contribution in [2.24, 2.45) is 0 Å². The molecule has 0 spiro atoms. The number of ether oxygens (including phenoxy) is 1. The summed E-state index contributed by atoms with van der Waals surface area (Å²) in [6.45, 7) is 1.24. The number of aryl methyl sites for hydroxylation is 1. The van der Waals surface area contributed by atoms with E-state index in [4.69, 9.17) is 4.74 Å². The summed E-state index contributed by atoms with van der Waals surface area (Å²) < 4.78 is 5.22. The normalized spacial score (nSPS) is 20.7. The van der Waals surface area contributed by atoms with E-state index in [2.05, 4.69) is 17.0 Å². The van der Waals surface area contributed by atoms with Gasteiger partial charge in [-0.1, -0.05) is 12.1 Å². The van der Waals surface area contributed by atoms with E-state index >= 15 is 0 Å². The van der Waals surface area contributed by atoms with Crippen LogP contribution in [0.25, 0.3) is 0 Å². The molecule has 0 amide bonds. The van der Waals surface area contributed by atoms with Crippen molar-refractivity contribution in [2.45, 2.75) is 31.7 Å². The average molecular weight is 235 g/mol. The van der Waals surface area contributed by atoms with Crippen LogP contribution in [0.5, 0.6) is 5.75 Å². The van der Waals surface area contributed by atoms with E-state index in [-0.39, 0.29) is 6.73 Å². The monoisotopic (exact) mass is 235 g/mol. The van der Waals surface area contributed by atoms with Gasteiger partial charge < -0.3 is 9.84 Å². The third-order valence-electron chi connectivity index (χ3n) is 3.58. The fourth-order valence-electron chi connectivity index (χ4n) is 2.57. The minimum absolute atomic E-state index is 0.197. The maximum atomic E-state index is 9.22. The van der Waals surface area contributed by atoms with Crippen LogP contribution in [-0.2, 0) is 6.42 Å². The molecule has 2 rings (SSSR count). The molecule has 1 aromatic carbocycles. The molecule has 94 valence electrons. The van der Waals surface area contributed by atoms with E-state index < -0.39 is 0 Å². The van der Waals surface area contributed by atoms with Gasteiger partial charge in [-0.2, -0.15) is 0 Å². The van der Waals surface area contributed by atoms with Crippen molar-refractivity contribution in [2.75, 3.05) is 20.4 Å². The second-order valence-corrected chi connectivity index (χ2v) is 4.64.